The number of rotatable bonds is 4. The van der Waals surface area contributed by atoms with E-state index in [0.717, 1.165) is 5.76 Å². The minimum Gasteiger partial charge on any atom is -0.469 e. The fourth-order valence-electron chi connectivity index (χ4n) is 1.21. The summed E-state index contributed by atoms with van der Waals surface area (Å²) >= 11 is 0. The molecule has 0 saturated heterocycles. The lowest BCUT2D eigenvalue weighted by Crippen LogP contribution is -2.26. The number of nitrogens with two attached hydrogens (primary N) is 1. The molecule has 2 aromatic rings. The number of aromatic nitrogens is 3. The summed E-state index contributed by atoms with van der Waals surface area (Å²) in [5.74, 6) is 0.640. The van der Waals surface area contributed by atoms with Crippen LogP contribution in [0.1, 0.15) is 16.4 Å². The van der Waals surface area contributed by atoms with Gasteiger partial charge in [-0.1, -0.05) is 0 Å². The van der Waals surface area contributed by atoms with Gasteiger partial charge in [0.25, 0.3) is 5.91 Å². The number of furan rings is 1. The van der Waals surface area contributed by atoms with Crippen LogP contribution in [0, 0.1) is 0 Å². The van der Waals surface area contributed by atoms with Crippen LogP contribution in [0.2, 0.25) is 0 Å². The number of amides is 1. The first-order valence-corrected chi connectivity index (χ1v) is 4.74. The topological polar surface area (TPSA) is 110 Å². The molecule has 0 aromatic carbocycles. The van der Waals surface area contributed by atoms with Gasteiger partial charge in [0.05, 0.1) is 6.26 Å². The maximum Gasteiger partial charge on any atom is 0.288 e. The SMILES string of the molecule is Nc1n[nH]c(C(=O)NCCc2ccco2)n1. The van der Waals surface area contributed by atoms with Crippen LogP contribution in [0.15, 0.2) is 22.8 Å². The fraction of sp³-hybridized carbons (Fsp3) is 0.222. The van der Waals surface area contributed by atoms with Crippen LogP contribution >= 0.6 is 0 Å². The van der Waals surface area contributed by atoms with Crippen molar-refractivity contribution in [2.45, 2.75) is 6.42 Å². The van der Waals surface area contributed by atoms with Crippen LogP contribution in [0.5, 0.6) is 0 Å². The fourth-order valence-corrected chi connectivity index (χ4v) is 1.21. The van der Waals surface area contributed by atoms with E-state index < -0.39 is 0 Å². The Hall–Kier alpha value is -2.31. The van der Waals surface area contributed by atoms with E-state index in [2.05, 4.69) is 20.5 Å². The Morgan fingerprint density at radius 3 is 3.12 bits per heavy atom. The first-order chi connectivity index (χ1) is 7.75. The number of hydrogen-bond donors (Lipinski definition) is 3. The van der Waals surface area contributed by atoms with E-state index >= 15 is 0 Å². The summed E-state index contributed by atoms with van der Waals surface area (Å²) in [6, 6.07) is 3.65. The van der Waals surface area contributed by atoms with Gasteiger partial charge < -0.3 is 15.5 Å². The molecule has 0 radical (unpaired) electrons. The Bertz CT molecular complexity index is 462. The predicted octanol–water partition coefficient (Wildman–Crippen LogP) is -0.0476. The highest BCUT2D eigenvalue weighted by Crippen LogP contribution is 1.99. The van der Waals surface area contributed by atoms with Crippen molar-refractivity contribution in [3.8, 4) is 0 Å². The molecule has 0 aliphatic rings. The van der Waals surface area contributed by atoms with Gasteiger partial charge in [-0.25, -0.2) is 0 Å². The molecule has 0 aliphatic carbocycles. The van der Waals surface area contributed by atoms with Crippen LogP contribution in [0.25, 0.3) is 0 Å². The lowest BCUT2D eigenvalue weighted by Gasteiger charge is -2.00. The van der Waals surface area contributed by atoms with E-state index in [9.17, 15) is 4.79 Å². The van der Waals surface area contributed by atoms with Crippen molar-refractivity contribution in [3.05, 3.63) is 30.0 Å². The summed E-state index contributed by atoms with van der Waals surface area (Å²) in [6.45, 7) is 0.465. The van der Waals surface area contributed by atoms with E-state index in [0.29, 0.717) is 13.0 Å². The Labute approximate surface area is 91.0 Å². The molecule has 2 rings (SSSR count). The predicted molar refractivity (Wildman–Crippen MR) is 55.5 cm³/mol. The molecule has 0 fully saturated rings. The molecule has 7 nitrogen and oxygen atoms in total. The summed E-state index contributed by atoms with van der Waals surface area (Å²) in [5, 5.41) is 8.65. The second kappa shape index (κ2) is 4.47. The zero-order valence-corrected chi connectivity index (χ0v) is 8.43. The molecule has 0 atom stereocenters. The molecule has 16 heavy (non-hydrogen) atoms. The molecule has 84 valence electrons. The minimum atomic E-state index is -0.337. The van der Waals surface area contributed by atoms with Crippen molar-refractivity contribution in [2.24, 2.45) is 0 Å². The third-order valence-electron chi connectivity index (χ3n) is 1.95. The van der Waals surface area contributed by atoms with Crippen molar-refractivity contribution in [1.29, 1.82) is 0 Å². The molecule has 0 aliphatic heterocycles. The Kier molecular flexibility index (Phi) is 2.86. The Morgan fingerprint density at radius 2 is 2.50 bits per heavy atom. The van der Waals surface area contributed by atoms with Crippen molar-refractivity contribution >= 4 is 11.9 Å². The van der Waals surface area contributed by atoms with Gasteiger partial charge in [0.2, 0.25) is 11.8 Å². The summed E-state index contributed by atoms with van der Waals surface area (Å²) < 4.78 is 5.12. The number of H-pyrrole nitrogens is 1. The van der Waals surface area contributed by atoms with Crippen LogP contribution in [-0.4, -0.2) is 27.6 Å². The Morgan fingerprint density at radius 1 is 1.62 bits per heavy atom. The lowest BCUT2D eigenvalue weighted by molar-refractivity contribution is 0.0944. The van der Waals surface area contributed by atoms with Gasteiger partial charge in [-0.15, -0.1) is 5.10 Å². The molecule has 7 heteroatoms. The highest BCUT2D eigenvalue weighted by Gasteiger charge is 2.09. The number of nitrogens with one attached hydrogen (secondary N) is 2. The quantitative estimate of drug-likeness (QED) is 0.670. The van der Waals surface area contributed by atoms with Gasteiger partial charge >= 0.3 is 0 Å². The molecule has 2 heterocycles. The maximum absolute atomic E-state index is 11.5. The van der Waals surface area contributed by atoms with Gasteiger partial charge in [-0.2, -0.15) is 4.98 Å². The highest BCUT2D eigenvalue weighted by atomic mass is 16.3. The molecule has 4 N–H and O–H groups in total. The van der Waals surface area contributed by atoms with Crippen LogP contribution < -0.4 is 11.1 Å². The molecule has 0 bridgehead atoms. The monoisotopic (exact) mass is 221 g/mol. The largest absolute Gasteiger partial charge is 0.469 e. The van der Waals surface area contributed by atoms with Crippen molar-refractivity contribution in [3.63, 3.8) is 0 Å². The van der Waals surface area contributed by atoms with Gasteiger partial charge in [0, 0.05) is 13.0 Å². The van der Waals surface area contributed by atoms with Crippen molar-refractivity contribution < 1.29 is 9.21 Å². The zero-order valence-electron chi connectivity index (χ0n) is 8.43. The van der Waals surface area contributed by atoms with Gasteiger partial charge in [0.15, 0.2) is 0 Å². The third kappa shape index (κ3) is 2.38. The molecular formula is C9H11N5O2. The third-order valence-corrected chi connectivity index (χ3v) is 1.95. The van der Waals surface area contributed by atoms with Crippen molar-refractivity contribution in [2.75, 3.05) is 12.3 Å². The number of hydrogen-bond acceptors (Lipinski definition) is 5. The maximum atomic E-state index is 11.5. The smallest absolute Gasteiger partial charge is 0.288 e. The standard InChI is InChI=1S/C9H11N5O2/c10-9-12-7(13-14-9)8(15)11-4-3-6-2-1-5-16-6/h1-2,5H,3-4H2,(H,11,15)(H3,10,12,13,14). The first-order valence-electron chi connectivity index (χ1n) is 4.74. The number of anilines is 1. The summed E-state index contributed by atoms with van der Waals surface area (Å²) in [5.41, 5.74) is 5.27. The van der Waals surface area contributed by atoms with Gasteiger partial charge in [-0.3, -0.25) is 9.89 Å². The highest BCUT2D eigenvalue weighted by molar-refractivity contribution is 5.90. The number of nitrogens with zero attached hydrogens (tertiary/aromatic N) is 2. The van der Waals surface area contributed by atoms with E-state index in [1.54, 1.807) is 12.3 Å². The molecule has 1 amide bonds. The number of carbonyl (C=O) groups excluding carboxylic acids is 1. The Balaban J connectivity index is 1.80. The number of aromatic amines is 1. The number of nitrogen functional groups attached to an aromatic ring is 1. The van der Waals surface area contributed by atoms with Crippen LogP contribution in [0.4, 0.5) is 5.95 Å². The average Bonchev–Trinajstić information content (AvgIpc) is 2.89. The molecule has 2 aromatic heterocycles. The van der Waals surface area contributed by atoms with Crippen LogP contribution in [-0.2, 0) is 6.42 Å². The zero-order chi connectivity index (χ0) is 11.4. The average molecular weight is 221 g/mol. The summed E-state index contributed by atoms with van der Waals surface area (Å²) in [6.07, 6.45) is 2.22. The van der Waals surface area contributed by atoms with E-state index in [4.69, 9.17) is 10.2 Å². The molecular weight excluding hydrogens is 210 g/mol. The summed E-state index contributed by atoms with van der Waals surface area (Å²) in [4.78, 5) is 15.2. The van der Waals surface area contributed by atoms with Crippen LogP contribution in [0.3, 0.4) is 0 Å². The normalized spacial score (nSPS) is 10.2. The molecule has 0 unspecified atom stereocenters. The molecule has 0 saturated carbocycles. The van der Waals surface area contributed by atoms with E-state index in [-0.39, 0.29) is 17.7 Å². The lowest BCUT2D eigenvalue weighted by atomic mass is 10.3. The van der Waals surface area contributed by atoms with Gasteiger partial charge in [-0.05, 0) is 12.1 Å². The second-order valence-electron chi connectivity index (χ2n) is 3.13. The minimum absolute atomic E-state index is 0.0520. The molecule has 0 spiro atoms. The van der Waals surface area contributed by atoms with E-state index in [1.165, 1.54) is 0 Å². The number of carbonyl (C=O) groups is 1. The van der Waals surface area contributed by atoms with Crippen molar-refractivity contribution in [1.82, 2.24) is 20.5 Å². The summed E-state index contributed by atoms with van der Waals surface area (Å²) in [7, 11) is 0. The van der Waals surface area contributed by atoms with Gasteiger partial charge in [0.1, 0.15) is 5.76 Å². The van der Waals surface area contributed by atoms with E-state index in [1.807, 2.05) is 6.07 Å². The second-order valence-corrected chi connectivity index (χ2v) is 3.13. The first kappa shape index (κ1) is 10.2.